The van der Waals surface area contributed by atoms with Crippen LogP contribution in [0.2, 0.25) is 0 Å². The van der Waals surface area contributed by atoms with E-state index in [1.807, 2.05) is 13.0 Å². The number of hydrogen-bond acceptors (Lipinski definition) is 2. The summed E-state index contributed by atoms with van der Waals surface area (Å²) in [4.78, 5) is 10.5. The van der Waals surface area contributed by atoms with E-state index in [0.29, 0.717) is 11.8 Å². The van der Waals surface area contributed by atoms with Gasteiger partial charge < -0.3 is 5.11 Å². The highest BCUT2D eigenvalue weighted by Gasteiger charge is 2.07. The zero-order valence-electron chi connectivity index (χ0n) is 8.71. The maximum absolute atomic E-state index is 10.5. The number of aromatic hydroxyl groups is 1. The molecule has 1 rings (SSSR count). The lowest BCUT2D eigenvalue weighted by molar-refractivity contribution is 0.112. The predicted octanol–water partition coefficient (Wildman–Crippen LogP) is 2.86. The van der Waals surface area contributed by atoms with Gasteiger partial charge in [0.05, 0.1) is 5.56 Å². The Morgan fingerprint density at radius 1 is 1.43 bits per heavy atom. The topological polar surface area (TPSA) is 37.3 Å². The molecule has 0 bridgehead atoms. The molecular formula is C12H16O2. The summed E-state index contributed by atoms with van der Waals surface area (Å²) in [6.45, 7) is 3.99. The Kier molecular flexibility index (Phi) is 3.69. The van der Waals surface area contributed by atoms with E-state index in [1.54, 1.807) is 6.07 Å². The normalized spacial score (nSPS) is 10.1. The largest absolute Gasteiger partial charge is 0.507 e. The smallest absolute Gasteiger partial charge is 0.153 e. The Morgan fingerprint density at radius 2 is 2.14 bits per heavy atom. The van der Waals surface area contributed by atoms with E-state index in [4.69, 9.17) is 0 Å². The van der Waals surface area contributed by atoms with Crippen molar-refractivity contribution in [1.82, 2.24) is 0 Å². The maximum Gasteiger partial charge on any atom is 0.153 e. The Hall–Kier alpha value is -1.31. The highest BCUT2D eigenvalue weighted by atomic mass is 16.3. The van der Waals surface area contributed by atoms with Gasteiger partial charge in [0.1, 0.15) is 5.75 Å². The van der Waals surface area contributed by atoms with Crippen LogP contribution in [-0.4, -0.2) is 11.4 Å². The van der Waals surface area contributed by atoms with Crippen LogP contribution in [0.15, 0.2) is 12.1 Å². The van der Waals surface area contributed by atoms with E-state index in [2.05, 4.69) is 6.92 Å². The van der Waals surface area contributed by atoms with Crippen molar-refractivity contribution in [2.45, 2.75) is 33.1 Å². The van der Waals surface area contributed by atoms with Crippen molar-refractivity contribution in [2.24, 2.45) is 0 Å². The van der Waals surface area contributed by atoms with Crippen LogP contribution in [0.4, 0.5) is 0 Å². The van der Waals surface area contributed by atoms with Gasteiger partial charge >= 0.3 is 0 Å². The van der Waals surface area contributed by atoms with Gasteiger partial charge in [0.15, 0.2) is 6.29 Å². The van der Waals surface area contributed by atoms with Crippen LogP contribution in [0.25, 0.3) is 0 Å². The van der Waals surface area contributed by atoms with Crippen molar-refractivity contribution < 1.29 is 9.90 Å². The number of aldehydes is 1. The lowest BCUT2D eigenvalue weighted by atomic mass is 9.99. The summed E-state index contributed by atoms with van der Waals surface area (Å²) in [5.41, 5.74) is 2.35. The maximum atomic E-state index is 10.5. The number of carbonyl (C=O) groups is 1. The van der Waals surface area contributed by atoms with Gasteiger partial charge in [-0.05, 0) is 37.0 Å². The molecule has 0 amide bonds. The number of phenolic OH excluding ortho intramolecular Hbond substituents is 1. The summed E-state index contributed by atoms with van der Waals surface area (Å²) in [6.07, 6.45) is 3.90. The first-order chi connectivity index (χ1) is 6.70. The second-order valence-corrected chi connectivity index (χ2v) is 3.51. The minimum absolute atomic E-state index is 0.133. The van der Waals surface area contributed by atoms with Crippen LogP contribution in [0, 0.1) is 6.92 Å². The van der Waals surface area contributed by atoms with Crippen molar-refractivity contribution in [1.29, 1.82) is 0 Å². The Balaban J connectivity index is 2.98. The van der Waals surface area contributed by atoms with E-state index in [9.17, 15) is 9.90 Å². The van der Waals surface area contributed by atoms with Gasteiger partial charge in [-0.2, -0.15) is 0 Å². The van der Waals surface area contributed by atoms with Crippen molar-refractivity contribution >= 4 is 6.29 Å². The van der Waals surface area contributed by atoms with Crippen LogP contribution < -0.4 is 0 Å². The molecule has 0 heterocycles. The van der Waals surface area contributed by atoms with Crippen molar-refractivity contribution in [3.63, 3.8) is 0 Å². The molecule has 0 fully saturated rings. The third kappa shape index (κ3) is 2.13. The van der Waals surface area contributed by atoms with Crippen molar-refractivity contribution in [2.75, 3.05) is 0 Å². The summed E-state index contributed by atoms with van der Waals surface area (Å²) >= 11 is 0. The molecule has 0 radical (unpaired) electrons. The third-order valence-corrected chi connectivity index (χ3v) is 2.50. The standard InChI is InChI=1S/C12H16O2/c1-3-4-5-10-6-7-11(8-13)12(14)9(10)2/h6-8,14H,3-5H2,1-2H3. The molecule has 2 heteroatoms. The van der Waals surface area contributed by atoms with Crippen LogP contribution >= 0.6 is 0 Å². The second-order valence-electron chi connectivity index (χ2n) is 3.51. The zero-order valence-corrected chi connectivity index (χ0v) is 8.71. The number of unbranched alkanes of at least 4 members (excludes halogenated alkanes) is 1. The lowest BCUT2D eigenvalue weighted by Gasteiger charge is -2.08. The molecule has 0 unspecified atom stereocenters. The Labute approximate surface area is 84.6 Å². The van der Waals surface area contributed by atoms with Crippen LogP contribution in [0.3, 0.4) is 0 Å². The molecule has 1 aromatic carbocycles. The summed E-state index contributed by atoms with van der Waals surface area (Å²) < 4.78 is 0. The van der Waals surface area contributed by atoms with Crippen molar-refractivity contribution in [3.8, 4) is 5.75 Å². The average Bonchev–Trinajstić information content (AvgIpc) is 2.20. The molecule has 0 spiro atoms. The Morgan fingerprint density at radius 3 is 2.71 bits per heavy atom. The fourth-order valence-corrected chi connectivity index (χ4v) is 1.50. The van der Waals surface area contributed by atoms with Crippen molar-refractivity contribution in [3.05, 3.63) is 28.8 Å². The number of carbonyl (C=O) groups excluding carboxylic acids is 1. The van der Waals surface area contributed by atoms with E-state index < -0.39 is 0 Å². The molecule has 14 heavy (non-hydrogen) atoms. The van der Waals surface area contributed by atoms with E-state index in [1.165, 1.54) is 0 Å². The van der Waals surface area contributed by atoms with Gasteiger partial charge in [-0.3, -0.25) is 4.79 Å². The molecular weight excluding hydrogens is 176 g/mol. The van der Waals surface area contributed by atoms with E-state index in [0.717, 1.165) is 30.4 Å². The average molecular weight is 192 g/mol. The minimum Gasteiger partial charge on any atom is -0.507 e. The molecule has 76 valence electrons. The number of benzene rings is 1. The minimum atomic E-state index is 0.133. The zero-order chi connectivity index (χ0) is 10.6. The monoisotopic (exact) mass is 192 g/mol. The summed E-state index contributed by atoms with van der Waals surface area (Å²) in [6, 6.07) is 3.61. The summed E-state index contributed by atoms with van der Waals surface area (Å²) in [5.74, 6) is 0.133. The van der Waals surface area contributed by atoms with Gasteiger partial charge in [-0.15, -0.1) is 0 Å². The van der Waals surface area contributed by atoms with Gasteiger partial charge in [0.25, 0.3) is 0 Å². The predicted molar refractivity (Wildman–Crippen MR) is 56.8 cm³/mol. The second kappa shape index (κ2) is 4.80. The molecule has 0 saturated heterocycles. The van der Waals surface area contributed by atoms with Crippen LogP contribution in [0.5, 0.6) is 5.75 Å². The fraction of sp³-hybridized carbons (Fsp3) is 0.417. The quantitative estimate of drug-likeness (QED) is 0.745. The third-order valence-electron chi connectivity index (χ3n) is 2.50. The highest BCUT2D eigenvalue weighted by Crippen LogP contribution is 2.24. The molecule has 0 aliphatic rings. The SMILES string of the molecule is CCCCc1ccc(C=O)c(O)c1C. The molecule has 2 nitrogen and oxygen atoms in total. The molecule has 1 N–H and O–H groups in total. The molecule has 0 aromatic heterocycles. The molecule has 0 aliphatic carbocycles. The fourth-order valence-electron chi connectivity index (χ4n) is 1.50. The lowest BCUT2D eigenvalue weighted by Crippen LogP contribution is -1.93. The van der Waals surface area contributed by atoms with Gasteiger partial charge in [-0.25, -0.2) is 0 Å². The first-order valence-corrected chi connectivity index (χ1v) is 4.97. The summed E-state index contributed by atoms with van der Waals surface area (Å²) in [5, 5.41) is 9.65. The first kappa shape index (κ1) is 10.8. The molecule has 1 aromatic rings. The number of aryl methyl sites for hydroxylation is 1. The Bertz CT molecular complexity index is 329. The first-order valence-electron chi connectivity index (χ1n) is 4.97. The van der Waals surface area contributed by atoms with Crippen LogP contribution in [-0.2, 0) is 6.42 Å². The van der Waals surface area contributed by atoms with E-state index >= 15 is 0 Å². The van der Waals surface area contributed by atoms with Gasteiger partial charge in [-0.1, -0.05) is 19.4 Å². The molecule has 0 aliphatic heterocycles. The molecule has 0 saturated carbocycles. The number of hydrogen-bond donors (Lipinski definition) is 1. The van der Waals surface area contributed by atoms with Crippen LogP contribution in [0.1, 0.15) is 41.3 Å². The van der Waals surface area contributed by atoms with Gasteiger partial charge in [0.2, 0.25) is 0 Å². The summed E-state index contributed by atoms with van der Waals surface area (Å²) in [7, 11) is 0. The molecule has 0 atom stereocenters. The van der Waals surface area contributed by atoms with Gasteiger partial charge in [0, 0.05) is 0 Å². The highest BCUT2D eigenvalue weighted by molar-refractivity contribution is 5.80. The number of phenols is 1. The number of rotatable bonds is 4. The van der Waals surface area contributed by atoms with E-state index in [-0.39, 0.29) is 5.75 Å².